The molecule has 1 aromatic heterocycles. The van der Waals surface area contributed by atoms with Crippen LogP contribution in [0.3, 0.4) is 0 Å². The molecule has 4 heteroatoms. The largest absolute Gasteiger partial charge is 0.469 e. The van der Waals surface area contributed by atoms with Gasteiger partial charge in [0.05, 0.1) is 12.5 Å². The lowest BCUT2D eigenvalue weighted by atomic mass is 9.33. The summed E-state index contributed by atoms with van der Waals surface area (Å²) in [6.45, 7) is 16.8. The number of aromatic amines is 1. The van der Waals surface area contributed by atoms with E-state index in [9.17, 15) is 9.59 Å². The van der Waals surface area contributed by atoms with Crippen LogP contribution in [0.2, 0.25) is 0 Å². The van der Waals surface area contributed by atoms with Gasteiger partial charge >= 0.3 is 5.97 Å². The molecule has 0 spiro atoms. The van der Waals surface area contributed by atoms with Crippen molar-refractivity contribution in [2.45, 2.75) is 105 Å². The average molecular weight is 556 g/mol. The highest BCUT2D eigenvalue weighted by molar-refractivity contribution is 5.96. The molecule has 4 nitrogen and oxygen atoms in total. The van der Waals surface area contributed by atoms with Gasteiger partial charge in [-0.2, -0.15) is 0 Å². The number of hydrogen-bond donors (Lipinski definition) is 1. The number of allylic oxidation sites excluding steroid dienone is 2. The first-order chi connectivity index (χ1) is 19.1. The highest BCUT2D eigenvalue weighted by atomic mass is 16.5. The van der Waals surface area contributed by atoms with Gasteiger partial charge in [0.1, 0.15) is 0 Å². The van der Waals surface area contributed by atoms with Gasteiger partial charge in [-0.15, -0.1) is 0 Å². The first kappa shape index (κ1) is 27.5. The van der Waals surface area contributed by atoms with Crippen LogP contribution in [0.5, 0.6) is 0 Å². The molecule has 0 saturated heterocycles. The molecule has 41 heavy (non-hydrogen) atoms. The molecule has 3 saturated carbocycles. The van der Waals surface area contributed by atoms with Gasteiger partial charge in [-0.1, -0.05) is 65.3 Å². The van der Waals surface area contributed by atoms with Crippen LogP contribution in [-0.2, 0) is 26.2 Å². The van der Waals surface area contributed by atoms with E-state index in [4.69, 9.17) is 4.74 Å². The zero-order valence-corrected chi connectivity index (χ0v) is 26.5. The van der Waals surface area contributed by atoms with E-state index in [2.05, 4.69) is 83.8 Å². The zero-order valence-electron chi connectivity index (χ0n) is 26.5. The minimum absolute atomic E-state index is 0.0106. The number of hydrogen-bond acceptors (Lipinski definition) is 3. The smallest absolute Gasteiger partial charge is 0.311 e. The van der Waals surface area contributed by atoms with E-state index in [1.165, 1.54) is 34.8 Å². The second-order valence-electron chi connectivity index (χ2n) is 16.7. The Labute approximate surface area is 246 Å². The van der Waals surface area contributed by atoms with Gasteiger partial charge in [-0.3, -0.25) is 9.59 Å². The fraction of sp³-hybridized carbons (Fsp3) is 0.676. The highest BCUT2D eigenvalue weighted by Crippen LogP contribution is 2.75. The van der Waals surface area contributed by atoms with Crippen molar-refractivity contribution in [3.63, 3.8) is 0 Å². The van der Waals surface area contributed by atoms with Gasteiger partial charge in [0.25, 0.3) is 0 Å². The molecule has 0 bridgehead atoms. The van der Waals surface area contributed by atoms with Gasteiger partial charge < -0.3 is 9.72 Å². The fourth-order valence-electron chi connectivity index (χ4n) is 11.9. The van der Waals surface area contributed by atoms with Gasteiger partial charge in [0, 0.05) is 27.9 Å². The maximum Gasteiger partial charge on any atom is 0.311 e. The van der Waals surface area contributed by atoms with Crippen LogP contribution >= 0.6 is 0 Å². The van der Waals surface area contributed by atoms with Gasteiger partial charge in [0.15, 0.2) is 5.78 Å². The van der Waals surface area contributed by atoms with Crippen molar-refractivity contribution in [1.29, 1.82) is 0 Å². The molecule has 8 atom stereocenters. The number of ketones is 1. The van der Waals surface area contributed by atoms with Crippen molar-refractivity contribution >= 4 is 22.7 Å². The van der Waals surface area contributed by atoms with E-state index in [0.717, 1.165) is 51.4 Å². The number of ether oxygens (including phenoxy) is 1. The van der Waals surface area contributed by atoms with E-state index < -0.39 is 5.41 Å². The lowest BCUT2D eigenvalue weighted by Gasteiger charge is -2.70. The topological polar surface area (TPSA) is 59.2 Å². The second-order valence-corrected chi connectivity index (χ2v) is 16.7. The molecule has 2 aromatic rings. The average Bonchev–Trinajstić information content (AvgIpc) is 3.29. The number of aromatic nitrogens is 1. The van der Waals surface area contributed by atoms with Crippen molar-refractivity contribution in [3.8, 4) is 0 Å². The third kappa shape index (κ3) is 3.23. The van der Waals surface area contributed by atoms with Crippen molar-refractivity contribution in [1.82, 2.24) is 4.98 Å². The first-order valence-electron chi connectivity index (χ1n) is 16.1. The predicted molar refractivity (Wildman–Crippen MR) is 163 cm³/mol. The third-order valence-corrected chi connectivity index (χ3v) is 14.4. The number of fused-ring (bicyclic) bond motifs is 10. The normalized spacial score (nSPS) is 44.5. The molecule has 7 rings (SSSR count). The lowest BCUT2D eigenvalue weighted by molar-refractivity contribution is -0.174. The Kier molecular flexibility index (Phi) is 5.47. The zero-order chi connectivity index (χ0) is 29.4. The summed E-state index contributed by atoms with van der Waals surface area (Å²) in [7, 11) is 1.52. The molecule has 1 N–H and O–H groups in total. The molecule has 0 unspecified atom stereocenters. The minimum Gasteiger partial charge on any atom is -0.469 e. The third-order valence-electron chi connectivity index (χ3n) is 14.4. The molecule has 5 aliphatic carbocycles. The van der Waals surface area contributed by atoms with E-state index in [1.54, 1.807) is 0 Å². The van der Waals surface area contributed by atoms with Crippen LogP contribution in [0.1, 0.15) is 105 Å². The summed E-state index contributed by atoms with van der Waals surface area (Å²) >= 11 is 0. The number of para-hydroxylation sites is 1. The van der Waals surface area contributed by atoms with Crippen LogP contribution in [0.15, 0.2) is 35.9 Å². The van der Waals surface area contributed by atoms with Crippen molar-refractivity contribution in [2.75, 3.05) is 7.11 Å². The van der Waals surface area contributed by atoms with E-state index >= 15 is 0 Å². The molecule has 220 valence electrons. The van der Waals surface area contributed by atoms with Crippen LogP contribution < -0.4 is 0 Å². The maximum atomic E-state index is 14.8. The maximum absolute atomic E-state index is 14.8. The number of carbonyl (C=O) groups is 2. The van der Waals surface area contributed by atoms with Crippen molar-refractivity contribution in [3.05, 3.63) is 47.2 Å². The number of methoxy groups -OCH3 is 1. The summed E-state index contributed by atoms with van der Waals surface area (Å²) in [6.07, 6.45) is 10.3. The standard InChI is InChI=1S/C37H49NO3/c1-32(2)28-13-14-37(7)29(35(28,5)20-23-22-11-9-10-12-26(22)38-30(23)32)27(39)19-24-25-21-34(4,31(40)41-8)16-15-33(25,3)17-18-36(24,37)6/h9-12,19,25,28-29,38H,13-18,20-21H2,1-8H3/t25-,28-,29-,33+,34-,35-,36+,37+/m0/s1. The predicted octanol–water partition coefficient (Wildman–Crippen LogP) is 8.34. The number of H-pyrrole nitrogens is 1. The summed E-state index contributed by atoms with van der Waals surface area (Å²) in [4.78, 5) is 31.6. The van der Waals surface area contributed by atoms with Gasteiger partial charge in [-0.05, 0) is 109 Å². The lowest BCUT2D eigenvalue weighted by Crippen LogP contribution is -2.66. The van der Waals surface area contributed by atoms with Gasteiger partial charge in [-0.25, -0.2) is 0 Å². The fourth-order valence-corrected chi connectivity index (χ4v) is 11.9. The van der Waals surface area contributed by atoms with E-state index in [-0.39, 0.29) is 44.9 Å². The van der Waals surface area contributed by atoms with E-state index in [0.29, 0.717) is 11.7 Å². The molecular weight excluding hydrogens is 506 g/mol. The summed E-state index contributed by atoms with van der Waals surface area (Å²) in [6, 6.07) is 8.73. The Morgan fingerprint density at radius 1 is 0.951 bits per heavy atom. The summed E-state index contributed by atoms with van der Waals surface area (Å²) in [5.74, 6) is 0.923. The number of benzene rings is 1. The molecule has 1 aromatic carbocycles. The Morgan fingerprint density at radius 3 is 2.39 bits per heavy atom. The van der Waals surface area contributed by atoms with Crippen LogP contribution in [-0.4, -0.2) is 23.8 Å². The molecule has 3 fully saturated rings. The molecule has 1 heterocycles. The minimum atomic E-state index is -0.485. The SMILES string of the molecule is COC(=O)[C@@]1(C)CC[C@]2(C)CC[C@]3(C)C(=CC(=O)[C@H]4[C@@]5(C)Cc6c([nH]c7ccccc67)C(C)(C)[C@@H]5CC[C@]43C)[C@@H]2C1. The first-order valence-corrected chi connectivity index (χ1v) is 16.1. The van der Waals surface area contributed by atoms with Crippen molar-refractivity contribution < 1.29 is 14.3 Å². The van der Waals surface area contributed by atoms with Gasteiger partial charge in [0.2, 0.25) is 0 Å². The summed E-state index contributed by atoms with van der Waals surface area (Å²) in [5, 5.41) is 1.32. The molecule has 0 aliphatic heterocycles. The highest BCUT2D eigenvalue weighted by Gasteiger charge is 2.70. The number of carbonyl (C=O) groups excluding carboxylic acids is 2. The Morgan fingerprint density at radius 2 is 1.66 bits per heavy atom. The molecule has 0 radical (unpaired) electrons. The number of rotatable bonds is 1. The molecular formula is C37H49NO3. The number of nitrogens with one attached hydrogen (secondary N) is 1. The second kappa shape index (κ2) is 8.17. The van der Waals surface area contributed by atoms with Crippen LogP contribution in [0, 0.1) is 44.8 Å². The quantitative estimate of drug-likeness (QED) is 0.360. The summed E-state index contributed by atoms with van der Waals surface area (Å²) < 4.78 is 5.31. The molecule has 5 aliphatic rings. The van der Waals surface area contributed by atoms with Crippen molar-refractivity contribution in [2.24, 2.45) is 44.8 Å². The number of esters is 1. The van der Waals surface area contributed by atoms with Crippen LogP contribution in [0.4, 0.5) is 0 Å². The Bertz CT molecular complexity index is 1510. The Balaban J connectivity index is 1.37. The summed E-state index contributed by atoms with van der Waals surface area (Å²) in [5.41, 5.74) is 4.72. The van der Waals surface area contributed by atoms with E-state index in [1.807, 2.05) is 0 Å². The monoisotopic (exact) mass is 555 g/mol. The molecule has 0 amide bonds. The Hall–Kier alpha value is -2.36. The van der Waals surface area contributed by atoms with Crippen LogP contribution in [0.25, 0.3) is 10.9 Å².